The molecule has 1 amide bonds. The second-order valence-corrected chi connectivity index (χ2v) is 7.58. The maximum atomic E-state index is 12.9. The highest BCUT2D eigenvalue weighted by Crippen LogP contribution is 2.33. The number of anilines is 1. The third-order valence-corrected chi connectivity index (χ3v) is 5.28. The largest absolute Gasteiger partial charge is 0.454 e. The van der Waals surface area contributed by atoms with Gasteiger partial charge in [-0.3, -0.25) is 4.79 Å². The minimum atomic E-state index is 0.0509. The van der Waals surface area contributed by atoms with E-state index in [0.717, 1.165) is 25.1 Å². The zero-order valence-corrected chi connectivity index (χ0v) is 15.9. The highest BCUT2D eigenvalue weighted by atomic mass is 16.7. The standard InChI is InChI=1S/C22H26N2O3/c1-15(2)16-5-8-18(9-6-16)23-19-4-3-11-24(13-19)22(25)17-7-10-20-21(12-17)27-14-26-20/h5-10,12,15,19,23H,3-4,11,13-14H2,1-2H3/t19-/m1/s1. The normalized spacial score (nSPS) is 18.6. The molecule has 1 saturated heterocycles. The molecule has 2 aromatic rings. The molecule has 0 aliphatic carbocycles. The second kappa shape index (κ2) is 7.51. The molecular weight excluding hydrogens is 340 g/mol. The Bertz CT molecular complexity index is 817. The molecule has 0 unspecified atom stereocenters. The maximum Gasteiger partial charge on any atom is 0.254 e. The number of piperidine rings is 1. The molecule has 2 aromatic carbocycles. The lowest BCUT2D eigenvalue weighted by molar-refractivity contribution is 0.0714. The van der Waals surface area contributed by atoms with E-state index < -0.39 is 0 Å². The van der Waals surface area contributed by atoms with Crippen molar-refractivity contribution in [2.75, 3.05) is 25.2 Å². The summed E-state index contributed by atoms with van der Waals surface area (Å²) in [6, 6.07) is 14.3. The summed E-state index contributed by atoms with van der Waals surface area (Å²) in [5, 5.41) is 3.59. The van der Waals surface area contributed by atoms with Gasteiger partial charge in [0.1, 0.15) is 0 Å². The topological polar surface area (TPSA) is 50.8 Å². The first kappa shape index (κ1) is 17.7. The van der Waals surface area contributed by atoms with E-state index in [1.165, 1.54) is 5.56 Å². The van der Waals surface area contributed by atoms with Crippen molar-refractivity contribution in [3.05, 3.63) is 53.6 Å². The van der Waals surface area contributed by atoms with Gasteiger partial charge in [-0.05, 0) is 54.7 Å². The van der Waals surface area contributed by atoms with Crippen LogP contribution < -0.4 is 14.8 Å². The van der Waals surface area contributed by atoms with Crippen molar-refractivity contribution in [3.63, 3.8) is 0 Å². The Kier molecular flexibility index (Phi) is 4.92. The molecule has 0 saturated carbocycles. The van der Waals surface area contributed by atoms with Crippen LogP contribution in [0.1, 0.15) is 48.5 Å². The van der Waals surface area contributed by atoms with Crippen LogP contribution in [-0.2, 0) is 0 Å². The fourth-order valence-electron chi connectivity index (χ4n) is 3.69. The number of amides is 1. The Morgan fingerprint density at radius 2 is 1.89 bits per heavy atom. The van der Waals surface area contributed by atoms with E-state index in [4.69, 9.17) is 9.47 Å². The van der Waals surface area contributed by atoms with E-state index >= 15 is 0 Å². The number of nitrogens with one attached hydrogen (secondary N) is 1. The quantitative estimate of drug-likeness (QED) is 0.879. The molecule has 0 aromatic heterocycles. The molecule has 4 rings (SSSR count). The van der Waals surface area contributed by atoms with E-state index in [2.05, 4.69) is 43.4 Å². The molecule has 0 spiro atoms. The van der Waals surface area contributed by atoms with Gasteiger partial charge < -0.3 is 19.7 Å². The smallest absolute Gasteiger partial charge is 0.254 e. The average molecular weight is 366 g/mol. The molecule has 5 heteroatoms. The Hall–Kier alpha value is -2.69. The highest BCUT2D eigenvalue weighted by molar-refractivity contribution is 5.95. The fraction of sp³-hybridized carbons (Fsp3) is 0.409. The average Bonchev–Trinajstić information content (AvgIpc) is 3.16. The van der Waals surface area contributed by atoms with Crippen LogP contribution in [0.15, 0.2) is 42.5 Å². The van der Waals surface area contributed by atoms with Crippen molar-refractivity contribution in [2.45, 2.75) is 38.6 Å². The van der Waals surface area contributed by atoms with Crippen molar-refractivity contribution < 1.29 is 14.3 Å². The van der Waals surface area contributed by atoms with Gasteiger partial charge >= 0.3 is 0 Å². The minimum absolute atomic E-state index is 0.0509. The van der Waals surface area contributed by atoms with Gasteiger partial charge in [0, 0.05) is 30.4 Å². The van der Waals surface area contributed by atoms with Crippen LogP contribution in [0.25, 0.3) is 0 Å². The summed E-state index contributed by atoms with van der Waals surface area (Å²) in [6.45, 7) is 6.11. The Balaban J connectivity index is 1.41. The summed E-state index contributed by atoms with van der Waals surface area (Å²) in [7, 11) is 0. The number of carbonyl (C=O) groups excluding carboxylic acids is 1. The van der Waals surface area contributed by atoms with Crippen LogP contribution in [0.3, 0.4) is 0 Å². The molecule has 27 heavy (non-hydrogen) atoms. The van der Waals surface area contributed by atoms with Gasteiger partial charge in [0.2, 0.25) is 6.79 Å². The number of rotatable bonds is 4. The van der Waals surface area contributed by atoms with Gasteiger partial charge in [0.15, 0.2) is 11.5 Å². The molecule has 2 heterocycles. The maximum absolute atomic E-state index is 12.9. The molecule has 5 nitrogen and oxygen atoms in total. The van der Waals surface area contributed by atoms with E-state index in [1.807, 2.05) is 17.0 Å². The SMILES string of the molecule is CC(C)c1ccc(N[C@@H]2CCCN(C(=O)c3ccc4c(c3)OCO4)C2)cc1. The number of nitrogens with zero attached hydrogens (tertiary/aromatic N) is 1. The van der Waals surface area contributed by atoms with E-state index in [1.54, 1.807) is 6.07 Å². The number of hydrogen-bond donors (Lipinski definition) is 1. The van der Waals surface area contributed by atoms with Crippen LogP contribution in [0.2, 0.25) is 0 Å². The van der Waals surface area contributed by atoms with Gasteiger partial charge in [-0.1, -0.05) is 26.0 Å². The summed E-state index contributed by atoms with van der Waals surface area (Å²) in [5.74, 6) is 1.94. The summed E-state index contributed by atoms with van der Waals surface area (Å²) < 4.78 is 10.7. The van der Waals surface area contributed by atoms with Crippen molar-refractivity contribution in [2.24, 2.45) is 0 Å². The van der Waals surface area contributed by atoms with Crippen LogP contribution in [0.5, 0.6) is 11.5 Å². The number of fused-ring (bicyclic) bond motifs is 1. The zero-order valence-electron chi connectivity index (χ0n) is 15.9. The molecule has 142 valence electrons. The molecule has 1 N–H and O–H groups in total. The van der Waals surface area contributed by atoms with Crippen molar-refractivity contribution in [1.82, 2.24) is 4.90 Å². The number of ether oxygens (including phenoxy) is 2. The first-order valence-corrected chi connectivity index (χ1v) is 9.65. The first-order chi connectivity index (χ1) is 13.1. The van der Waals surface area contributed by atoms with E-state index in [9.17, 15) is 4.79 Å². The lowest BCUT2D eigenvalue weighted by atomic mass is 10.0. The van der Waals surface area contributed by atoms with E-state index in [0.29, 0.717) is 29.5 Å². The Morgan fingerprint density at radius 3 is 2.67 bits per heavy atom. The highest BCUT2D eigenvalue weighted by Gasteiger charge is 2.26. The van der Waals surface area contributed by atoms with Crippen molar-refractivity contribution in [1.29, 1.82) is 0 Å². The lowest BCUT2D eigenvalue weighted by Crippen LogP contribution is -2.45. The lowest BCUT2D eigenvalue weighted by Gasteiger charge is -2.34. The van der Waals surface area contributed by atoms with Crippen molar-refractivity contribution >= 4 is 11.6 Å². The predicted octanol–water partition coefficient (Wildman–Crippen LogP) is 4.26. The zero-order chi connectivity index (χ0) is 18.8. The van der Waals surface area contributed by atoms with Crippen LogP contribution >= 0.6 is 0 Å². The third-order valence-electron chi connectivity index (χ3n) is 5.28. The van der Waals surface area contributed by atoms with Gasteiger partial charge in [-0.25, -0.2) is 0 Å². The summed E-state index contributed by atoms with van der Waals surface area (Å²) in [4.78, 5) is 14.9. The molecular formula is C22H26N2O3. The summed E-state index contributed by atoms with van der Waals surface area (Å²) >= 11 is 0. The number of benzene rings is 2. The molecule has 1 atom stereocenters. The van der Waals surface area contributed by atoms with Gasteiger partial charge in [-0.15, -0.1) is 0 Å². The van der Waals surface area contributed by atoms with Crippen LogP contribution in [0, 0.1) is 0 Å². The van der Waals surface area contributed by atoms with Crippen LogP contribution in [0.4, 0.5) is 5.69 Å². The van der Waals surface area contributed by atoms with Gasteiger partial charge in [-0.2, -0.15) is 0 Å². The monoisotopic (exact) mass is 366 g/mol. The summed E-state index contributed by atoms with van der Waals surface area (Å²) in [5.41, 5.74) is 3.10. The molecule has 0 bridgehead atoms. The second-order valence-electron chi connectivity index (χ2n) is 7.58. The number of carbonyl (C=O) groups is 1. The molecule has 2 aliphatic heterocycles. The summed E-state index contributed by atoms with van der Waals surface area (Å²) in [6.07, 6.45) is 2.06. The third kappa shape index (κ3) is 3.87. The Morgan fingerprint density at radius 1 is 1.11 bits per heavy atom. The van der Waals surface area contributed by atoms with Crippen molar-refractivity contribution in [3.8, 4) is 11.5 Å². The molecule has 0 radical (unpaired) electrons. The fourth-order valence-corrected chi connectivity index (χ4v) is 3.69. The number of hydrogen-bond acceptors (Lipinski definition) is 4. The Labute approximate surface area is 160 Å². The minimum Gasteiger partial charge on any atom is -0.454 e. The van der Waals surface area contributed by atoms with Gasteiger partial charge in [0.25, 0.3) is 5.91 Å². The van der Waals surface area contributed by atoms with E-state index in [-0.39, 0.29) is 18.7 Å². The predicted molar refractivity (Wildman–Crippen MR) is 106 cm³/mol. The van der Waals surface area contributed by atoms with Gasteiger partial charge in [0.05, 0.1) is 0 Å². The number of likely N-dealkylation sites (tertiary alicyclic amines) is 1. The van der Waals surface area contributed by atoms with Crippen LogP contribution in [-0.4, -0.2) is 36.7 Å². The molecule has 2 aliphatic rings. The molecule has 1 fully saturated rings. The first-order valence-electron chi connectivity index (χ1n) is 9.65.